The number of nitrogens with zero attached hydrogens (tertiary/aromatic N) is 2. The number of rotatable bonds is 9. The van der Waals surface area contributed by atoms with Crippen LogP contribution in [0.15, 0.2) is 84.9 Å². The van der Waals surface area contributed by atoms with Crippen molar-refractivity contribution in [1.82, 2.24) is 9.78 Å². The van der Waals surface area contributed by atoms with Crippen LogP contribution in [0.1, 0.15) is 19.4 Å². The highest BCUT2D eigenvalue weighted by molar-refractivity contribution is 5.64. The van der Waals surface area contributed by atoms with Gasteiger partial charge in [0.05, 0.1) is 25.1 Å². The first-order valence-electron chi connectivity index (χ1n) is 10.8. The summed E-state index contributed by atoms with van der Waals surface area (Å²) in [6, 6.07) is 28.0. The third-order valence-corrected chi connectivity index (χ3v) is 4.97. The van der Waals surface area contributed by atoms with Gasteiger partial charge < -0.3 is 14.2 Å². The van der Waals surface area contributed by atoms with Crippen molar-refractivity contribution in [3.63, 3.8) is 0 Å². The van der Waals surface area contributed by atoms with E-state index in [-0.39, 0.29) is 0 Å². The van der Waals surface area contributed by atoms with E-state index in [2.05, 4.69) is 26.0 Å². The van der Waals surface area contributed by atoms with Gasteiger partial charge >= 0.3 is 0 Å². The molecule has 164 valence electrons. The molecule has 0 spiro atoms. The predicted molar refractivity (Wildman–Crippen MR) is 127 cm³/mol. The minimum Gasteiger partial charge on any atom is -0.497 e. The molecular formula is C27H28N2O3. The summed E-state index contributed by atoms with van der Waals surface area (Å²) < 4.78 is 19.0. The van der Waals surface area contributed by atoms with Crippen molar-refractivity contribution < 1.29 is 14.2 Å². The molecule has 3 aromatic carbocycles. The topological polar surface area (TPSA) is 45.5 Å². The van der Waals surface area contributed by atoms with Crippen LogP contribution in [-0.4, -0.2) is 23.5 Å². The van der Waals surface area contributed by atoms with Gasteiger partial charge in [-0.05, 0) is 60.0 Å². The second-order valence-electron chi connectivity index (χ2n) is 7.98. The van der Waals surface area contributed by atoms with Gasteiger partial charge in [0.1, 0.15) is 18.1 Å². The predicted octanol–water partition coefficient (Wildman–Crippen LogP) is 6.16. The van der Waals surface area contributed by atoms with Gasteiger partial charge in [0.15, 0.2) is 0 Å². The fourth-order valence-corrected chi connectivity index (χ4v) is 3.27. The Hall–Kier alpha value is -3.73. The number of methoxy groups -OCH3 is 1. The molecule has 4 aromatic rings. The fraction of sp³-hybridized carbons (Fsp3) is 0.222. The standard InChI is InChI=1S/C27H28N2O3/c1-20(2)18-32-27-17-26(29(28-27)23-11-15-24(30-3)16-12-23)22-9-13-25(14-10-22)31-19-21-7-5-4-6-8-21/h4-17,20H,18-19H2,1-3H3. The Morgan fingerprint density at radius 1 is 0.812 bits per heavy atom. The maximum atomic E-state index is 5.93. The zero-order chi connectivity index (χ0) is 22.3. The molecular weight excluding hydrogens is 400 g/mol. The van der Waals surface area contributed by atoms with Crippen LogP contribution in [0.3, 0.4) is 0 Å². The van der Waals surface area contributed by atoms with Crippen molar-refractivity contribution in [2.75, 3.05) is 13.7 Å². The molecule has 0 amide bonds. The molecule has 0 N–H and O–H groups in total. The summed E-state index contributed by atoms with van der Waals surface area (Å²) in [7, 11) is 1.66. The van der Waals surface area contributed by atoms with Gasteiger partial charge in [0.25, 0.3) is 0 Å². The minimum atomic E-state index is 0.422. The third-order valence-electron chi connectivity index (χ3n) is 4.97. The van der Waals surface area contributed by atoms with E-state index < -0.39 is 0 Å². The average Bonchev–Trinajstić information content (AvgIpc) is 3.27. The van der Waals surface area contributed by atoms with Crippen LogP contribution in [0.4, 0.5) is 0 Å². The minimum absolute atomic E-state index is 0.422. The Morgan fingerprint density at radius 2 is 1.50 bits per heavy atom. The lowest BCUT2D eigenvalue weighted by Crippen LogP contribution is -2.05. The van der Waals surface area contributed by atoms with Crippen molar-refractivity contribution in [2.45, 2.75) is 20.5 Å². The van der Waals surface area contributed by atoms with Crippen LogP contribution < -0.4 is 14.2 Å². The molecule has 0 radical (unpaired) electrons. The molecule has 0 fully saturated rings. The van der Waals surface area contributed by atoms with Gasteiger partial charge in [-0.15, -0.1) is 5.10 Å². The second-order valence-corrected chi connectivity index (χ2v) is 7.98. The summed E-state index contributed by atoms with van der Waals surface area (Å²) in [6.07, 6.45) is 0. The highest BCUT2D eigenvalue weighted by Gasteiger charge is 2.14. The fourth-order valence-electron chi connectivity index (χ4n) is 3.27. The number of hydrogen-bond donors (Lipinski definition) is 0. The lowest BCUT2D eigenvalue weighted by molar-refractivity contribution is 0.260. The molecule has 0 bridgehead atoms. The summed E-state index contributed by atoms with van der Waals surface area (Å²) in [5.41, 5.74) is 4.05. The zero-order valence-electron chi connectivity index (χ0n) is 18.7. The highest BCUT2D eigenvalue weighted by atomic mass is 16.5. The molecule has 0 aliphatic heterocycles. The van der Waals surface area contributed by atoms with E-state index in [4.69, 9.17) is 19.3 Å². The summed E-state index contributed by atoms with van der Waals surface area (Å²) in [4.78, 5) is 0. The summed E-state index contributed by atoms with van der Waals surface area (Å²) in [5, 5.41) is 4.71. The smallest absolute Gasteiger partial charge is 0.233 e. The number of hydrogen-bond acceptors (Lipinski definition) is 4. The maximum Gasteiger partial charge on any atom is 0.233 e. The number of aromatic nitrogens is 2. The molecule has 32 heavy (non-hydrogen) atoms. The molecule has 4 rings (SSSR count). The monoisotopic (exact) mass is 428 g/mol. The lowest BCUT2D eigenvalue weighted by Gasteiger charge is -2.10. The van der Waals surface area contributed by atoms with Crippen LogP contribution in [0.25, 0.3) is 16.9 Å². The first-order chi connectivity index (χ1) is 15.6. The molecule has 0 unspecified atom stereocenters. The van der Waals surface area contributed by atoms with E-state index >= 15 is 0 Å². The van der Waals surface area contributed by atoms with Gasteiger partial charge in [-0.2, -0.15) is 0 Å². The summed E-state index contributed by atoms with van der Waals surface area (Å²) in [5.74, 6) is 2.66. The third kappa shape index (κ3) is 5.30. The SMILES string of the molecule is COc1ccc(-n2nc(OCC(C)C)cc2-c2ccc(OCc3ccccc3)cc2)cc1. The first kappa shape index (κ1) is 21.5. The van der Waals surface area contributed by atoms with E-state index in [1.807, 2.05) is 77.5 Å². The molecule has 5 nitrogen and oxygen atoms in total. The van der Waals surface area contributed by atoms with Gasteiger partial charge in [-0.25, -0.2) is 4.68 Å². The van der Waals surface area contributed by atoms with E-state index in [1.54, 1.807) is 7.11 Å². The molecule has 0 saturated carbocycles. The van der Waals surface area contributed by atoms with E-state index in [9.17, 15) is 0 Å². The van der Waals surface area contributed by atoms with Gasteiger partial charge in [0.2, 0.25) is 5.88 Å². The molecule has 0 aliphatic carbocycles. The molecule has 1 heterocycles. The Kier molecular flexibility index (Phi) is 6.75. The normalized spacial score (nSPS) is 10.9. The Labute approximate surface area is 189 Å². The molecule has 5 heteroatoms. The van der Waals surface area contributed by atoms with Gasteiger partial charge in [-0.1, -0.05) is 44.2 Å². The van der Waals surface area contributed by atoms with E-state index in [0.29, 0.717) is 25.0 Å². The van der Waals surface area contributed by atoms with Gasteiger partial charge in [0, 0.05) is 11.6 Å². The van der Waals surface area contributed by atoms with Crippen molar-refractivity contribution in [3.8, 4) is 34.3 Å². The van der Waals surface area contributed by atoms with E-state index in [1.165, 1.54) is 0 Å². The van der Waals surface area contributed by atoms with Crippen LogP contribution in [-0.2, 0) is 6.61 Å². The molecule has 0 atom stereocenters. The number of benzene rings is 3. The van der Waals surface area contributed by atoms with Crippen molar-refractivity contribution in [1.29, 1.82) is 0 Å². The summed E-state index contributed by atoms with van der Waals surface area (Å²) in [6.45, 7) is 5.40. The van der Waals surface area contributed by atoms with Crippen molar-refractivity contribution in [2.24, 2.45) is 5.92 Å². The quantitative estimate of drug-likeness (QED) is 0.320. The van der Waals surface area contributed by atoms with Crippen molar-refractivity contribution >= 4 is 0 Å². The van der Waals surface area contributed by atoms with Crippen LogP contribution in [0, 0.1) is 5.92 Å². The van der Waals surface area contributed by atoms with Crippen molar-refractivity contribution in [3.05, 3.63) is 90.5 Å². The molecule has 1 aromatic heterocycles. The van der Waals surface area contributed by atoms with E-state index in [0.717, 1.165) is 34.0 Å². The average molecular weight is 429 g/mol. The van der Waals surface area contributed by atoms with Crippen LogP contribution in [0.2, 0.25) is 0 Å². The molecule has 0 aliphatic rings. The largest absolute Gasteiger partial charge is 0.497 e. The first-order valence-corrected chi connectivity index (χ1v) is 10.8. The Balaban J connectivity index is 1.58. The lowest BCUT2D eigenvalue weighted by atomic mass is 10.1. The highest BCUT2D eigenvalue weighted by Crippen LogP contribution is 2.29. The summed E-state index contributed by atoms with van der Waals surface area (Å²) >= 11 is 0. The maximum absolute atomic E-state index is 5.93. The Morgan fingerprint density at radius 3 is 2.16 bits per heavy atom. The van der Waals surface area contributed by atoms with Crippen LogP contribution in [0.5, 0.6) is 17.4 Å². The zero-order valence-corrected chi connectivity index (χ0v) is 18.7. The van der Waals surface area contributed by atoms with Crippen LogP contribution >= 0.6 is 0 Å². The molecule has 0 saturated heterocycles. The van der Waals surface area contributed by atoms with Gasteiger partial charge in [-0.3, -0.25) is 0 Å². The second kappa shape index (κ2) is 10.1. The number of ether oxygens (including phenoxy) is 3. The Bertz CT molecular complexity index is 1120.